The number of halogens is 2. The van der Waals surface area contributed by atoms with Crippen LogP contribution < -0.4 is 5.32 Å². The van der Waals surface area contributed by atoms with Crippen molar-refractivity contribution in [2.45, 2.75) is 19.9 Å². The Morgan fingerprint density at radius 3 is 2.08 bits per heavy atom. The fraction of sp³-hybridized carbons (Fsp3) is 0.333. The SMILES string of the molecule is CC(C)NC(=O)COC(=O)CN1C(=O)c2cc(Cl)c(Cl)cc2C1=O. The molecule has 24 heavy (non-hydrogen) atoms. The summed E-state index contributed by atoms with van der Waals surface area (Å²) in [5.74, 6) is -2.69. The van der Waals surface area contributed by atoms with E-state index >= 15 is 0 Å². The van der Waals surface area contributed by atoms with E-state index in [1.807, 2.05) is 0 Å². The van der Waals surface area contributed by atoms with Crippen LogP contribution in [0.25, 0.3) is 0 Å². The van der Waals surface area contributed by atoms with Gasteiger partial charge in [-0.25, -0.2) is 0 Å². The summed E-state index contributed by atoms with van der Waals surface area (Å²) in [5, 5.41) is 2.80. The molecule has 1 aliphatic rings. The summed E-state index contributed by atoms with van der Waals surface area (Å²) in [5.41, 5.74) is 0.138. The molecule has 0 atom stereocenters. The van der Waals surface area contributed by atoms with Crippen molar-refractivity contribution in [3.63, 3.8) is 0 Å². The smallest absolute Gasteiger partial charge is 0.326 e. The van der Waals surface area contributed by atoms with Crippen molar-refractivity contribution in [1.82, 2.24) is 10.2 Å². The molecule has 0 fully saturated rings. The van der Waals surface area contributed by atoms with Gasteiger partial charge in [0.05, 0.1) is 21.2 Å². The summed E-state index contributed by atoms with van der Waals surface area (Å²) in [7, 11) is 0. The first kappa shape index (κ1) is 18.2. The van der Waals surface area contributed by atoms with E-state index in [0.29, 0.717) is 0 Å². The van der Waals surface area contributed by atoms with Crippen LogP contribution in [0.4, 0.5) is 0 Å². The summed E-state index contributed by atoms with van der Waals surface area (Å²) < 4.78 is 4.76. The minimum atomic E-state index is -0.874. The molecular weight excluding hydrogens is 359 g/mol. The number of fused-ring (bicyclic) bond motifs is 1. The molecule has 0 saturated heterocycles. The van der Waals surface area contributed by atoms with E-state index in [1.54, 1.807) is 13.8 Å². The monoisotopic (exact) mass is 372 g/mol. The highest BCUT2D eigenvalue weighted by Gasteiger charge is 2.37. The van der Waals surface area contributed by atoms with Crippen molar-refractivity contribution in [2.75, 3.05) is 13.2 Å². The summed E-state index contributed by atoms with van der Waals surface area (Å²) in [4.78, 5) is 48.3. The molecule has 0 aromatic heterocycles. The van der Waals surface area contributed by atoms with Crippen molar-refractivity contribution < 1.29 is 23.9 Å². The van der Waals surface area contributed by atoms with Crippen LogP contribution in [0.5, 0.6) is 0 Å². The molecule has 128 valence electrons. The number of esters is 1. The highest BCUT2D eigenvalue weighted by molar-refractivity contribution is 6.43. The number of benzene rings is 1. The van der Waals surface area contributed by atoms with E-state index in [2.05, 4.69) is 5.32 Å². The summed E-state index contributed by atoms with van der Waals surface area (Å²) in [6.45, 7) is 2.43. The Morgan fingerprint density at radius 1 is 1.12 bits per heavy atom. The Hall–Kier alpha value is -2.12. The average Bonchev–Trinajstić information content (AvgIpc) is 2.70. The lowest BCUT2D eigenvalue weighted by molar-refractivity contribution is -0.148. The summed E-state index contributed by atoms with van der Waals surface area (Å²) in [6, 6.07) is 2.46. The maximum Gasteiger partial charge on any atom is 0.326 e. The normalized spacial score (nSPS) is 13.3. The van der Waals surface area contributed by atoms with Gasteiger partial charge in [0.25, 0.3) is 17.7 Å². The van der Waals surface area contributed by atoms with Crippen molar-refractivity contribution in [2.24, 2.45) is 0 Å². The summed E-state index contributed by atoms with van der Waals surface area (Å²) in [6.07, 6.45) is 0. The highest BCUT2D eigenvalue weighted by Crippen LogP contribution is 2.31. The zero-order valence-electron chi connectivity index (χ0n) is 12.9. The molecule has 0 bridgehead atoms. The molecule has 1 aromatic rings. The van der Waals surface area contributed by atoms with E-state index in [4.69, 9.17) is 27.9 Å². The first-order valence-corrected chi connectivity index (χ1v) is 7.76. The topological polar surface area (TPSA) is 92.8 Å². The minimum Gasteiger partial charge on any atom is -0.454 e. The van der Waals surface area contributed by atoms with E-state index < -0.39 is 36.8 Å². The van der Waals surface area contributed by atoms with E-state index in [0.717, 1.165) is 4.90 Å². The third-order valence-electron chi connectivity index (χ3n) is 3.11. The Labute approximate surface area is 147 Å². The first-order valence-electron chi connectivity index (χ1n) is 7.01. The number of nitrogens with one attached hydrogen (secondary N) is 1. The molecule has 1 aliphatic heterocycles. The predicted molar refractivity (Wildman–Crippen MR) is 86.1 cm³/mol. The zero-order valence-corrected chi connectivity index (χ0v) is 14.4. The van der Waals surface area contributed by atoms with Crippen LogP contribution in [-0.4, -0.2) is 47.8 Å². The van der Waals surface area contributed by atoms with Gasteiger partial charge in [0.1, 0.15) is 6.54 Å². The van der Waals surface area contributed by atoms with Gasteiger partial charge in [-0.15, -0.1) is 0 Å². The van der Waals surface area contributed by atoms with Crippen molar-refractivity contribution in [3.8, 4) is 0 Å². The van der Waals surface area contributed by atoms with Crippen molar-refractivity contribution in [1.29, 1.82) is 0 Å². The van der Waals surface area contributed by atoms with Gasteiger partial charge < -0.3 is 10.1 Å². The van der Waals surface area contributed by atoms with E-state index in [1.165, 1.54) is 12.1 Å². The molecule has 0 unspecified atom stereocenters. The van der Waals surface area contributed by atoms with Gasteiger partial charge in [-0.2, -0.15) is 0 Å². The predicted octanol–water partition coefficient (Wildman–Crippen LogP) is 1.66. The van der Waals surface area contributed by atoms with Crippen LogP contribution in [0.3, 0.4) is 0 Å². The van der Waals surface area contributed by atoms with Crippen LogP contribution in [0.2, 0.25) is 10.0 Å². The lowest BCUT2D eigenvalue weighted by atomic mass is 10.1. The fourth-order valence-electron chi connectivity index (χ4n) is 2.11. The number of ether oxygens (including phenoxy) is 1. The standard InChI is InChI=1S/C15H14Cl2N2O5/c1-7(2)18-12(20)6-24-13(21)5-19-14(22)8-3-10(16)11(17)4-9(8)15(19)23/h3-4,7H,5-6H2,1-2H3,(H,18,20). The number of carbonyl (C=O) groups excluding carboxylic acids is 4. The maximum atomic E-state index is 12.2. The van der Waals surface area contributed by atoms with Crippen molar-refractivity contribution >= 4 is 46.9 Å². The summed E-state index contributed by atoms with van der Waals surface area (Å²) >= 11 is 11.7. The quantitative estimate of drug-likeness (QED) is 0.626. The Kier molecular flexibility index (Phi) is 5.46. The molecule has 0 aliphatic carbocycles. The lowest BCUT2D eigenvalue weighted by Gasteiger charge is -2.13. The number of nitrogens with zero attached hydrogens (tertiary/aromatic N) is 1. The van der Waals surface area contributed by atoms with Crippen LogP contribution in [0.15, 0.2) is 12.1 Å². The van der Waals surface area contributed by atoms with Crippen molar-refractivity contribution in [3.05, 3.63) is 33.3 Å². The first-order chi connectivity index (χ1) is 11.2. The van der Waals surface area contributed by atoms with Gasteiger partial charge in [-0.3, -0.25) is 24.1 Å². The number of amides is 3. The van der Waals surface area contributed by atoms with Gasteiger partial charge >= 0.3 is 5.97 Å². The van der Waals surface area contributed by atoms with E-state index in [-0.39, 0.29) is 27.2 Å². The maximum absolute atomic E-state index is 12.2. The highest BCUT2D eigenvalue weighted by atomic mass is 35.5. The second-order valence-corrected chi connectivity index (χ2v) is 6.21. The van der Waals surface area contributed by atoms with Gasteiger partial charge in [0, 0.05) is 6.04 Å². The van der Waals surface area contributed by atoms with Crippen LogP contribution in [0, 0.1) is 0 Å². The lowest BCUT2D eigenvalue weighted by Crippen LogP contribution is -2.38. The van der Waals surface area contributed by atoms with Gasteiger partial charge in [0.2, 0.25) is 0 Å². The zero-order chi connectivity index (χ0) is 18.0. The average molecular weight is 373 g/mol. The molecule has 3 amide bonds. The van der Waals surface area contributed by atoms with Gasteiger partial charge in [0.15, 0.2) is 6.61 Å². The van der Waals surface area contributed by atoms with E-state index in [9.17, 15) is 19.2 Å². The molecule has 1 N–H and O–H groups in total. The van der Waals surface area contributed by atoms with Crippen LogP contribution >= 0.6 is 23.2 Å². The van der Waals surface area contributed by atoms with Gasteiger partial charge in [-0.1, -0.05) is 23.2 Å². The number of rotatable bonds is 5. The Bertz CT molecular complexity index is 692. The molecular formula is C15H14Cl2N2O5. The molecule has 7 nitrogen and oxygen atoms in total. The number of carbonyl (C=O) groups is 4. The second kappa shape index (κ2) is 7.19. The minimum absolute atomic E-state index is 0.0692. The Balaban J connectivity index is 2.01. The molecule has 0 saturated carbocycles. The third-order valence-corrected chi connectivity index (χ3v) is 3.83. The number of hydrogen-bond acceptors (Lipinski definition) is 5. The Morgan fingerprint density at radius 2 is 1.62 bits per heavy atom. The number of hydrogen-bond donors (Lipinski definition) is 1. The third kappa shape index (κ3) is 3.85. The largest absolute Gasteiger partial charge is 0.454 e. The van der Waals surface area contributed by atoms with Gasteiger partial charge in [-0.05, 0) is 26.0 Å². The molecule has 0 spiro atoms. The fourth-order valence-corrected chi connectivity index (χ4v) is 2.44. The van der Waals surface area contributed by atoms with Crippen LogP contribution in [-0.2, 0) is 14.3 Å². The molecule has 0 radical (unpaired) electrons. The molecule has 1 heterocycles. The second-order valence-electron chi connectivity index (χ2n) is 5.39. The molecule has 2 rings (SSSR count). The van der Waals surface area contributed by atoms with Crippen LogP contribution in [0.1, 0.15) is 34.6 Å². The molecule has 9 heteroatoms. The number of imide groups is 1. The molecule has 1 aromatic carbocycles.